The van der Waals surface area contributed by atoms with E-state index >= 15 is 0 Å². The van der Waals surface area contributed by atoms with Gasteiger partial charge in [-0.1, -0.05) is 0 Å². The van der Waals surface area contributed by atoms with Crippen LogP contribution in [-0.2, 0) is 14.8 Å². The number of piperidine rings is 1. The van der Waals surface area contributed by atoms with Gasteiger partial charge in [0.05, 0.1) is 26.2 Å². The molecule has 168 valence electrons. The molecule has 0 N–H and O–H groups in total. The number of hydrogen-bond donors (Lipinski definition) is 0. The smallest absolute Gasteiger partial charge is 0.243 e. The van der Waals surface area contributed by atoms with Gasteiger partial charge in [0.1, 0.15) is 5.75 Å². The minimum atomic E-state index is -3.69. The molecule has 2 aromatic carbocycles. The Balaban J connectivity index is 1.67. The molecule has 1 aliphatic rings. The summed E-state index contributed by atoms with van der Waals surface area (Å²) >= 11 is 0. The molecule has 1 aliphatic heterocycles. The fourth-order valence-corrected chi connectivity index (χ4v) is 5.16. The van der Waals surface area contributed by atoms with Crippen LogP contribution in [0.25, 0.3) is 0 Å². The number of sulfonamides is 1. The molecule has 9 heteroatoms. The first-order valence-corrected chi connectivity index (χ1v) is 11.4. The van der Waals surface area contributed by atoms with Crippen molar-refractivity contribution < 1.29 is 27.4 Å². The van der Waals surface area contributed by atoms with Crippen molar-refractivity contribution in [2.75, 3.05) is 46.4 Å². The molecule has 8 nitrogen and oxygen atoms in total. The Labute approximate surface area is 183 Å². The molecular weight excluding hydrogens is 420 g/mol. The number of nitrogens with zero attached hydrogens (tertiary/aromatic N) is 2. The van der Waals surface area contributed by atoms with Crippen LogP contribution in [-0.4, -0.2) is 60.1 Å². The van der Waals surface area contributed by atoms with E-state index in [-0.39, 0.29) is 29.8 Å². The van der Waals surface area contributed by atoms with E-state index in [1.54, 1.807) is 37.3 Å². The van der Waals surface area contributed by atoms with E-state index in [0.29, 0.717) is 24.3 Å². The van der Waals surface area contributed by atoms with Crippen LogP contribution >= 0.6 is 0 Å². The highest BCUT2D eigenvalue weighted by Crippen LogP contribution is 2.32. The second kappa shape index (κ2) is 9.57. The molecule has 0 saturated carbocycles. The van der Waals surface area contributed by atoms with Crippen LogP contribution in [0.3, 0.4) is 0 Å². The number of carbonyl (C=O) groups is 1. The average Bonchev–Trinajstić information content (AvgIpc) is 2.82. The van der Waals surface area contributed by atoms with Crippen molar-refractivity contribution in [3.63, 3.8) is 0 Å². The summed E-state index contributed by atoms with van der Waals surface area (Å²) in [7, 11) is 2.59. The van der Waals surface area contributed by atoms with Crippen molar-refractivity contribution in [2.24, 2.45) is 5.92 Å². The molecule has 0 spiro atoms. The van der Waals surface area contributed by atoms with Gasteiger partial charge in [0.2, 0.25) is 15.9 Å². The number of methoxy groups -OCH3 is 3. The van der Waals surface area contributed by atoms with Crippen molar-refractivity contribution in [3.8, 4) is 17.2 Å². The van der Waals surface area contributed by atoms with Crippen molar-refractivity contribution >= 4 is 21.6 Å². The van der Waals surface area contributed by atoms with Gasteiger partial charge in [-0.25, -0.2) is 8.42 Å². The van der Waals surface area contributed by atoms with Crippen LogP contribution in [0.5, 0.6) is 17.2 Å². The largest absolute Gasteiger partial charge is 0.497 e. The molecule has 1 amide bonds. The maximum atomic E-state index is 13.1. The maximum Gasteiger partial charge on any atom is 0.243 e. The Bertz CT molecular complexity index is 1010. The standard InChI is InChI=1S/C22H28N2O6S/c1-23(17-5-7-18(28-2)8-6-17)22(25)16-11-13-24(14-12-16)31(26,27)19-9-10-20(29-3)21(15-19)30-4/h5-10,15-16H,11-14H2,1-4H3. The third-order valence-corrected chi connectivity index (χ3v) is 7.48. The van der Waals surface area contributed by atoms with Crippen LogP contribution in [0.15, 0.2) is 47.4 Å². The van der Waals surface area contributed by atoms with Crippen LogP contribution in [0, 0.1) is 5.92 Å². The Morgan fingerprint density at radius 3 is 2.10 bits per heavy atom. The molecule has 31 heavy (non-hydrogen) atoms. The predicted molar refractivity (Wildman–Crippen MR) is 117 cm³/mol. The summed E-state index contributed by atoms with van der Waals surface area (Å²) in [5.41, 5.74) is 0.770. The maximum absolute atomic E-state index is 13.1. The summed E-state index contributed by atoms with van der Waals surface area (Å²) < 4.78 is 43.1. The van der Waals surface area contributed by atoms with Crippen LogP contribution < -0.4 is 19.1 Å². The fraction of sp³-hybridized carbons (Fsp3) is 0.409. The minimum Gasteiger partial charge on any atom is -0.497 e. The molecular formula is C22H28N2O6S. The number of ether oxygens (including phenoxy) is 3. The highest BCUT2D eigenvalue weighted by molar-refractivity contribution is 7.89. The predicted octanol–water partition coefficient (Wildman–Crippen LogP) is 2.78. The Kier molecular flexibility index (Phi) is 7.07. The summed E-state index contributed by atoms with van der Waals surface area (Å²) in [5.74, 6) is 1.29. The molecule has 3 rings (SSSR count). The van der Waals surface area contributed by atoms with Gasteiger partial charge in [0.15, 0.2) is 11.5 Å². The lowest BCUT2D eigenvalue weighted by Gasteiger charge is -2.32. The summed E-state index contributed by atoms with van der Waals surface area (Å²) in [6.07, 6.45) is 0.928. The quantitative estimate of drug-likeness (QED) is 0.648. The van der Waals surface area contributed by atoms with Crippen LogP contribution in [0.2, 0.25) is 0 Å². The van der Waals surface area contributed by atoms with Crippen LogP contribution in [0.1, 0.15) is 12.8 Å². The number of carbonyl (C=O) groups excluding carboxylic acids is 1. The lowest BCUT2D eigenvalue weighted by molar-refractivity contribution is -0.123. The van der Waals surface area contributed by atoms with E-state index in [0.717, 1.165) is 11.4 Å². The lowest BCUT2D eigenvalue weighted by Crippen LogP contribution is -2.43. The van der Waals surface area contributed by atoms with Crippen LogP contribution in [0.4, 0.5) is 5.69 Å². The molecule has 0 atom stereocenters. The van der Waals surface area contributed by atoms with Crippen molar-refractivity contribution in [2.45, 2.75) is 17.7 Å². The molecule has 0 bridgehead atoms. The second-order valence-corrected chi connectivity index (χ2v) is 9.23. The molecule has 0 aliphatic carbocycles. The van der Waals surface area contributed by atoms with Crippen molar-refractivity contribution in [3.05, 3.63) is 42.5 Å². The zero-order valence-electron chi connectivity index (χ0n) is 18.2. The monoisotopic (exact) mass is 448 g/mol. The summed E-state index contributed by atoms with van der Waals surface area (Å²) in [4.78, 5) is 14.7. The Hall–Kier alpha value is -2.78. The van der Waals surface area contributed by atoms with Gasteiger partial charge in [0.25, 0.3) is 0 Å². The van der Waals surface area contributed by atoms with Gasteiger partial charge in [0, 0.05) is 37.8 Å². The molecule has 2 aromatic rings. The highest BCUT2D eigenvalue weighted by Gasteiger charge is 2.33. The molecule has 1 saturated heterocycles. The summed E-state index contributed by atoms with van der Waals surface area (Å²) in [6, 6.07) is 11.8. The summed E-state index contributed by atoms with van der Waals surface area (Å²) in [6.45, 7) is 0.563. The molecule has 1 heterocycles. The number of amides is 1. The van der Waals surface area contributed by atoms with Gasteiger partial charge < -0.3 is 19.1 Å². The number of rotatable bonds is 7. The van der Waals surface area contributed by atoms with Gasteiger partial charge in [-0.3, -0.25) is 4.79 Å². The van der Waals surface area contributed by atoms with Gasteiger partial charge >= 0.3 is 0 Å². The molecule has 0 unspecified atom stereocenters. The topological polar surface area (TPSA) is 85.4 Å². The van der Waals surface area contributed by atoms with E-state index in [9.17, 15) is 13.2 Å². The first-order chi connectivity index (χ1) is 14.8. The van der Waals surface area contributed by atoms with E-state index in [4.69, 9.17) is 14.2 Å². The highest BCUT2D eigenvalue weighted by atomic mass is 32.2. The SMILES string of the molecule is COc1ccc(N(C)C(=O)C2CCN(S(=O)(=O)c3ccc(OC)c(OC)c3)CC2)cc1. The Morgan fingerprint density at radius 2 is 1.55 bits per heavy atom. The third kappa shape index (κ3) is 4.77. The average molecular weight is 449 g/mol. The molecule has 0 radical (unpaired) electrons. The molecule has 1 fully saturated rings. The van der Waals surface area contributed by atoms with E-state index < -0.39 is 10.0 Å². The van der Waals surface area contributed by atoms with Gasteiger partial charge in [-0.05, 0) is 49.2 Å². The first kappa shape index (κ1) is 22.9. The van der Waals surface area contributed by atoms with E-state index in [2.05, 4.69) is 0 Å². The fourth-order valence-electron chi connectivity index (χ4n) is 3.68. The zero-order valence-corrected chi connectivity index (χ0v) is 19.0. The number of benzene rings is 2. The summed E-state index contributed by atoms with van der Waals surface area (Å²) in [5, 5.41) is 0. The molecule has 0 aromatic heterocycles. The third-order valence-electron chi connectivity index (χ3n) is 5.59. The van der Waals surface area contributed by atoms with E-state index in [1.165, 1.54) is 30.7 Å². The zero-order chi connectivity index (χ0) is 22.6. The van der Waals surface area contributed by atoms with Gasteiger partial charge in [-0.2, -0.15) is 4.31 Å². The van der Waals surface area contributed by atoms with Gasteiger partial charge in [-0.15, -0.1) is 0 Å². The normalized spacial score (nSPS) is 15.4. The van der Waals surface area contributed by atoms with Crippen molar-refractivity contribution in [1.82, 2.24) is 4.31 Å². The Morgan fingerprint density at radius 1 is 0.935 bits per heavy atom. The number of hydrogen-bond acceptors (Lipinski definition) is 6. The number of anilines is 1. The van der Waals surface area contributed by atoms with E-state index in [1.807, 2.05) is 12.1 Å². The second-order valence-electron chi connectivity index (χ2n) is 7.29. The van der Waals surface area contributed by atoms with Crippen molar-refractivity contribution in [1.29, 1.82) is 0 Å². The minimum absolute atomic E-state index is 0.0201. The lowest BCUT2D eigenvalue weighted by atomic mass is 9.96. The first-order valence-electron chi connectivity index (χ1n) is 9.95.